The molecule has 128 heavy (non-hydrogen) atoms. The molecule has 0 N–H and O–H groups in total. The highest BCUT2D eigenvalue weighted by Gasteiger charge is 2.24. The van der Waals surface area contributed by atoms with Crippen LogP contribution in [0.4, 0.5) is 28.9 Å². The van der Waals surface area contributed by atoms with Gasteiger partial charge in [-0.2, -0.15) is 26.2 Å². The largest absolute Gasteiger partial charge is 0.494 e. The molecule has 0 fully saturated rings. The molecule has 652 valence electrons. The summed E-state index contributed by atoms with van der Waals surface area (Å²) < 4.78 is 100. The van der Waals surface area contributed by atoms with Crippen molar-refractivity contribution in [2.45, 2.75) is 132 Å². The van der Waals surface area contributed by atoms with Crippen LogP contribution in [0.3, 0.4) is 0 Å². The lowest BCUT2D eigenvalue weighted by atomic mass is 9.97. The zero-order valence-corrected chi connectivity index (χ0v) is 79.5. The number of hydrogen-bond donors (Lipinski definition) is 0. The van der Waals surface area contributed by atoms with Crippen molar-refractivity contribution in [3.8, 4) is 138 Å². The number of fused-ring (bicyclic) bond motifs is 3. The molecule has 0 bridgehead atoms. The molecule has 18 rings (SSSR count). The first-order valence-electron chi connectivity index (χ1n) is 44.2. The van der Waals surface area contributed by atoms with E-state index in [1.165, 1.54) is 82.9 Å². The number of hydrogen-bond acceptors (Lipinski definition) is 18. The third-order valence-corrected chi connectivity index (χ3v) is 30.5. The van der Waals surface area contributed by atoms with E-state index < -0.39 is 0 Å². The summed E-state index contributed by atoms with van der Waals surface area (Å²) in [6.07, 6.45) is 12.7. The topological polar surface area (TPSA) is 102 Å². The number of anilines is 2. The van der Waals surface area contributed by atoms with Crippen molar-refractivity contribution in [3.05, 3.63) is 277 Å². The van der Waals surface area contributed by atoms with Crippen LogP contribution in [0.5, 0.6) is 11.5 Å². The van der Waals surface area contributed by atoms with Gasteiger partial charge in [-0.05, 0) is 227 Å². The number of ether oxygens (including phenoxy) is 2. The fourth-order valence-electron chi connectivity index (χ4n) is 15.9. The molecule has 0 aliphatic heterocycles. The van der Waals surface area contributed by atoms with Gasteiger partial charge < -0.3 is 19.3 Å². The van der Waals surface area contributed by atoms with Gasteiger partial charge in [-0.1, -0.05) is 175 Å². The van der Waals surface area contributed by atoms with Crippen LogP contribution in [-0.4, -0.2) is 65.6 Å². The Hall–Kier alpha value is -10.9. The summed E-state index contributed by atoms with van der Waals surface area (Å²) in [5.41, 5.74) is 21.9. The zero-order valence-electron chi connectivity index (χ0n) is 73.0. The normalized spacial score (nSPS) is 11.4. The van der Waals surface area contributed by atoms with E-state index in [4.69, 9.17) is 18.2 Å². The number of aryl methyl sites for hydroxylation is 2. The fraction of sp³-hybridized carbons (Fsp3) is 0.245. The predicted molar refractivity (Wildman–Crippen MR) is 541 cm³/mol. The van der Waals surface area contributed by atoms with Gasteiger partial charge in [0, 0.05) is 148 Å². The summed E-state index contributed by atoms with van der Waals surface area (Å²) >= 11 is 11.8. The van der Waals surface area contributed by atoms with Crippen LogP contribution in [0, 0.1) is 23.3 Å². The lowest BCUT2D eigenvalue weighted by molar-refractivity contribution is 0.308. The van der Waals surface area contributed by atoms with Gasteiger partial charge in [0.1, 0.15) is 67.9 Å². The lowest BCUT2D eigenvalue weighted by Gasteiger charge is -2.21. The average molecular weight is 1850 g/mol. The number of nitrogens with zero attached hydrogens (tertiary/aromatic N) is 8. The van der Waals surface area contributed by atoms with Crippen molar-refractivity contribution in [3.63, 3.8) is 0 Å². The number of thiophene rings is 5. The van der Waals surface area contributed by atoms with Gasteiger partial charge in [0.05, 0.1) is 48.4 Å². The van der Waals surface area contributed by atoms with Crippen LogP contribution >= 0.6 is 91.9 Å². The van der Waals surface area contributed by atoms with Crippen LogP contribution in [-0.2, 0) is 12.8 Å². The minimum atomic E-state index is -0.330. The van der Waals surface area contributed by atoms with E-state index >= 15 is 17.6 Å². The van der Waals surface area contributed by atoms with E-state index in [0.29, 0.717) is 57.8 Å². The number of aromatic nitrogens is 6. The second-order valence-corrected chi connectivity index (χ2v) is 38.4. The molecule has 0 unspecified atom stereocenters. The number of rotatable bonds is 34. The van der Waals surface area contributed by atoms with Crippen LogP contribution in [0.2, 0.25) is 0 Å². The van der Waals surface area contributed by atoms with E-state index in [-0.39, 0.29) is 23.3 Å². The Labute approximate surface area is 779 Å². The molecule has 0 aliphatic carbocycles. The molecule has 0 aliphatic rings. The maximum Gasteiger partial charge on any atom is 0.135 e. The second kappa shape index (κ2) is 43.0. The van der Waals surface area contributed by atoms with Gasteiger partial charge in [-0.25, -0.2) is 17.6 Å². The molecule has 0 amide bonds. The molecule has 0 spiro atoms. The standard InChI is InChI=1S/C36H32F2N2O2S2.C36H34F2N2S3.C34H34N4S3/c1-3-5-19-41-25-10-7-23(8-11-25)24-9-13-27(31(37)21-24)28-15-16-30(36-35(28)39-44-40-36)34-18-17-33(43-34)29-14-12-26(22-32(29)38)42-20-6-4-2;1-3-5-7-9-23-11-13-25(29(37)21-23)31-17-19-33(41-31)27-15-16-28(36-35(27)39-43-40-36)34-20-18-32(42-34)26-14-12-24(22-30(26)38)10-8-6-4-2;1-5-37(6-2)25-13-9-23(10-14-25)29-19-21-31(39-29)27-17-18-28(34-33(27)35-41-36-34)32-22-20-30(40-32)24-11-15-26(16-12-24)38(7-3)8-4/h7-18,21-22H,3-6,19-20H2,1-2H3;11-22H,3-10H2,1-2H3;9-22H,5-8H2,1-4H3. The average Bonchev–Trinajstić information content (AvgIpc) is 1.60. The quantitative estimate of drug-likeness (QED) is 0.0286. The third-order valence-electron chi connectivity index (χ3n) is 23.1. The van der Waals surface area contributed by atoms with Crippen LogP contribution in [0.25, 0.3) is 160 Å². The maximum absolute atomic E-state index is 15.6. The first kappa shape index (κ1) is 90.4. The van der Waals surface area contributed by atoms with Crippen LogP contribution in [0.1, 0.15) is 131 Å². The van der Waals surface area contributed by atoms with Gasteiger partial charge in [-0.3, -0.25) is 0 Å². The Morgan fingerprint density at radius 2 is 0.523 bits per heavy atom. The maximum atomic E-state index is 15.6. The lowest BCUT2D eigenvalue weighted by Crippen LogP contribution is -2.21. The predicted octanol–water partition coefficient (Wildman–Crippen LogP) is 33.5. The van der Waals surface area contributed by atoms with Crippen molar-refractivity contribution in [1.82, 2.24) is 26.2 Å². The van der Waals surface area contributed by atoms with E-state index in [1.54, 1.807) is 53.0 Å². The highest BCUT2D eigenvalue weighted by Crippen LogP contribution is 2.48. The molecule has 0 saturated heterocycles. The molecule has 0 atom stereocenters. The van der Waals surface area contributed by atoms with Crippen molar-refractivity contribution in [2.24, 2.45) is 0 Å². The number of benzene rings is 10. The molecule has 18 aromatic rings. The number of unbranched alkanes of at least 4 members (excludes halogenated alkanes) is 6. The first-order valence-corrected chi connectivity index (χ1v) is 50.5. The van der Waals surface area contributed by atoms with Gasteiger partial charge in [-0.15, -0.1) is 56.7 Å². The molecule has 10 aromatic carbocycles. The smallest absolute Gasteiger partial charge is 0.135 e. The van der Waals surface area contributed by atoms with E-state index in [1.807, 2.05) is 132 Å². The Kier molecular flexibility index (Phi) is 30.4. The Balaban J connectivity index is 0.000000141. The zero-order chi connectivity index (χ0) is 88.6. The summed E-state index contributed by atoms with van der Waals surface area (Å²) in [4.78, 5) is 15.3. The summed E-state index contributed by atoms with van der Waals surface area (Å²) in [7, 11) is 0. The monoisotopic (exact) mass is 1850 g/mol. The summed E-state index contributed by atoms with van der Waals surface area (Å²) in [5.74, 6) is 0.352. The highest BCUT2D eigenvalue weighted by molar-refractivity contribution is 7.20. The van der Waals surface area contributed by atoms with E-state index in [0.717, 1.165) is 222 Å². The summed E-state index contributed by atoms with van der Waals surface area (Å²) in [6.45, 7) is 22.7. The van der Waals surface area contributed by atoms with Crippen molar-refractivity contribution in [1.29, 1.82) is 0 Å². The van der Waals surface area contributed by atoms with E-state index in [9.17, 15) is 0 Å². The van der Waals surface area contributed by atoms with Crippen LogP contribution < -0.4 is 19.3 Å². The second-order valence-electron chi connectivity index (χ2n) is 31.4. The Morgan fingerprint density at radius 3 is 0.875 bits per heavy atom. The van der Waals surface area contributed by atoms with E-state index in [2.05, 4.69) is 180 Å². The van der Waals surface area contributed by atoms with Gasteiger partial charge in [0.25, 0.3) is 0 Å². The SMILES string of the molecule is CCCCCc1ccc(-c2ccc(-c3ccc(-c4ccc(-c5ccc(CCCCC)cc5F)s4)c4nsnc34)s2)c(F)c1.CCCCOc1ccc(-c2ccc(-c3ccc(-c4ccc(-c5ccc(OCCCC)cc5F)s4)c4nsnc34)c(F)c2)cc1.CCN(CC)c1ccc(-c2ccc(-c3ccc(-c4ccc(-c5ccc(N(CC)CC)cc5)s4)c4nsnc34)s2)cc1. The van der Waals surface area contributed by atoms with Crippen molar-refractivity contribution in [2.75, 3.05) is 49.2 Å². The van der Waals surface area contributed by atoms with Gasteiger partial charge >= 0.3 is 0 Å². The molecule has 22 heteroatoms. The molecule has 0 radical (unpaired) electrons. The molecular weight excluding hydrogens is 1750 g/mol. The molecule has 0 saturated carbocycles. The Morgan fingerprint density at radius 1 is 0.242 bits per heavy atom. The third kappa shape index (κ3) is 20.7. The first-order chi connectivity index (χ1) is 62.7. The van der Waals surface area contributed by atoms with Gasteiger partial charge in [0.2, 0.25) is 0 Å². The van der Waals surface area contributed by atoms with Crippen molar-refractivity contribution >= 4 is 136 Å². The van der Waals surface area contributed by atoms with Crippen LogP contribution in [0.15, 0.2) is 243 Å². The van der Waals surface area contributed by atoms with Crippen molar-refractivity contribution < 1.29 is 27.0 Å². The molecule has 8 aromatic heterocycles. The Bertz CT molecular complexity index is 6490. The minimum absolute atomic E-state index is 0.172. The minimum Gasteiger partial charge on any atom is -0.494 e. The summed E-state index contributed by atoms with van der Waals surface area (Å²) in [6, 6.07) is 80.4. The fourth-order valence-corrected chi connectivity index (χ4v) is 22.9. The molecule has 10 nitrogen and oxygen atoms in total. The summed E-state index contributed by atoms with van der Waals surface area (Å²) in [5, 5.41) is 0. The molecular formula is C106H100F4N8O2S8. The van der Waals surface area contributed by atoms with Gasteiger partial charge in [0.15, 0.2) is 0 Å². The number of halogens is 4. The molecule has 8 heterocycles. The highest BCUT2D eigenvalue weighted by atomic mass is 32.1.